The summed E-state index contributed by atoms with van der Waals surface area (Å²) >= 11 is 1.48. The van der Waals surface area contributed by atoms with Crippen LogP contribution in [-0.2, 0) is 16.1 Å². The third-order valence-electron chi connectivity index (χ3n) is 6.46. The van der Waals surface area contributed by atoms with Gasteiger partial charge in [0.05, 0.1) is 39.2 Å². The number of carbonyl (C=O) groups excluding carboxylic acids is 2. The lowest BCUT2D eigenvalue weighted by atomic mass is 9.81. The van der Waals surface area contributed by atoms with Gasteiger partial charge in [0.25, 0.3) is 5.91 Å². The van der Waals surface area contributed by atoms with Crippen LogP contribution in [-0.4, -0.2) is 44.3 Å². The van der Waals surface area contributed by atoms with E-state index in [1.807, 2.05) is 12.1 Å². The first-order valence-electron chi connectivity index (χ1n) is 11.4. The van der Waals surface area contributed by atoms with Crippen LogP contribution in [0.4, 0.5) is 11.5 Å². The number of anilines is 2. The van der Waals surface area contributed by atoms with Crippen molar-refractivity contribution < 1.29 is 14.7 Å². The average molecular weight is 525 g/mol. The molecule has 1 fully saturated rings. The Hall–Kier alpha value is -3.23. The molecule has 186 valence electrons. The van der Waals surface area contributed by atoms with Crippen molar-refractivity contribution >= 4 is 58.4 Å². The van der Waals surface area contributed by atoms with Crippen LogP contribution >= 0.6 is 24.2 Å². The number of thioether (sulfide) groups is 1. The highest BCUT2D eigenvalue weighted by Crippen LogP contribution is 2.32. The lowest BCUT2D eigenvalue weighted by molar-refractivity contribution is -0.137. The van der Waals surface area contributed by atoms with Gasteiger partial charge in [0.1, 0.15) is 11.4 Å². The van der Waals surface area contributed by atoms with Crippen LogP contribution in [0.3, 0.4) is 0 Å². The monoisotopic (exact) mass is 524 g/mol. The Morgan fingerprint density at radius 1 is 1.25 bits per heavy atom. The summed E-state index contributed by atoms with van der Waals surface area (Å²) in [6.45, 7) is 0.535. The summed E-state index contributed by atoms with van der Waals surface area (Å²) in [5, 5.41) is 30.0. The Bertz CT molecular complexity index is 1350. The van der Waals surface area contributed by atoms with Gasteiger partial charge in [0.15, 0.2) is 0 Å². The zero-order valence-corrected chi connectivity index (χ0v) is 20.9. The van der Waals surface area contributed by atoms with Gasteiger partial charge >= 0.3 is 0 Å². The molecular formula is C25H25ClN6O3S. The summed E-state index contributed by atoms with van der Waals surface area (Å²) in [5.41, 5.74) is 1.02. The van der Waals surface area contributed by atoms with Crippen molar-refractivity contribution in [1.82, 2.24) is 15.3 Å². The van der Waals surface area contributed by atoms with E-state index in [0.29, 0.717) is 66.0 Å². The Labute approximate surface area is 218 Å². The first-order valence-corrected chi connectivity index (χ1v) is 12.4. The molecule has 0 unspecified atom stereocenters. The number of nitrogens with one attached hydrogen (secondary N) is 3. The highest BCUT2D eigenvalue weighted by molar-refractivity contribution is 8.00. The predicted octanol–water partition coefficient (Wildman–Crippen LogP) is 3.37. The van der Waals surface area contributed by atoms with Crippen molar-refractivity contribution in [3.63, 3.8) is 0 Å². The minimum Gasteiger partial charge on any atom is -0.380 e. The predicted molar refractivity (Wildman–Crippen MR) is 140 cm³/mol. The van der Waals surface area contributed by atoms with Gasteiger partial charge in [-0.05, 0) is 62.1 Å². The molecule has 36 heavy (non-hydrogen) atoms. The van der Waals surface area contributed by atoms with E-state index in [9.17, 15) is 20.0 Å². The van der Waals surface area contributed by atoms with Crippen LogP contribution in [0.5, 0.6) is 0 Å². The number of benzene rings is 1. The highest BCUT2D eigenvalue weighted by Gasteiger charge is 2.40. The minimum absolute atomic E-state index is 0. The molecule has 2 aliphatic rings. The van der Waals surface area contributed by atoms with E-state index in [-0.39, 0.29) is 24.4 Å². The molecule has 2 amide bonds. The fourth-order valence-electron chi connectivity index (χ4n) is 4.44. The molecule has 0 spiro atoms. The zero-order valence-electron chi connectivity index (χ0n) is 19.3. The van der Waals surface area contributed by atoms with Gasteiger partial charge in [-0.25, -0.2) is 4.98 Å². The first-order chi connectivity index (χ1) is 16.9. The zero-order chi connectivity index (χ0) is 24.4. The van der Waals surface area contributed by atoms with Gasteiger partial charge in [-0.1, -0.05) is 0 Å². The topological polar surface area (TPSA) is 140 Å². The quantitative estimate of drug-likeness (QED) is 0.398. The molecule has 1 aliphatic heterocycles. The molecule has 0 atom stereocenters. The Morgan fingerprint density at radius 3 is 2.83 bits per heavy atom. The maximum Gasteiger partial charge on any atom is 0.256 e. The number of fused-ring (bicyclic) bond motifs is 2. The number of aliphatic hydroxyl groups is 1. The van der Waals surface area contributed by atoms with Crippen molar-refractivity contribution in [2.45, 2.75) is 48.8 Å². The molecule has 9 nitrogen and oxygen atoms in total. The molecule has 2 aromatic heterocycles. The minimum atomic E-state index is -1.47. The van der Waals surface area contributed by atoms with Crippen LogP contribution in [0, 0.1) is 11.3 Å². The van der Waals surface area contributed by atoms with Crippen molar-refractivity contribution in [2.24, 2.45) is 0 Å². The summed E-state index contributed by atoms with van der Waals surface area (Å²) in [5.74, 6) is 0.514. The second kappa shape index (κ2) is 10.8. The average Bonchev–Trinajstić information content (AvgIpc) is 2.88. The van der Waals surface area contributed by atoms with Crippen LogP contribution in [0.25, 0.3) is 10.9 Å². The molecule has 0 radical (unpaired) electrons. The van der Waals surface area contributed by atoms with Crippen LogP contribution in [0.15, 0.2) is 47.5 Å². The number of nitrogens with zero attached hydrogens (tertiary/aromatic N) is 3. The number of hydrogen-bond acceptors (Lipinski definition) is 8. The fraction of sp³-hybridized carbons (Fsp3) is 0.320. The van der Waals surface area contributed by atoms with Crippen molar-refractivity contribution in [3.8, 4) is 6.07 Å². The molecule has 1 aliphatic carbocycles. The first kappa shape index (κ1) is 25.9. The number of pyridine rings is 2. The maximum absolute atomic E-state index is 13.0. The van der Waals surface area contributed by atoms with Crippen LogP contribution in [0.2, 0.25) is 0 Å². The summed E-state index contributed by atoms with van der Waals surface area (Å²) in [6, 6.07) is 12.9. The summed E-state index contributed by atoms with van der Waals surface area (Å²) in [7, 11) is 0. The van der Waals surface area contributed by atoms with E-state index < -0.39 is 11.5 Å². The normalized spacial score (nSPS) is 21.0. The molecule has 1 saturated carbocycles. The van der Waals surface area contributed by atoms with Gasteiger partial charge in [0.2, 0.25) is 5.91 Å². The molecule has 0 saturated heterocycles. The van der Waals surface area contributed by atoms with Crippen molar-refractivity contribution in [1.29, 1.82) is 5.26 Å². The van der Waals surface area contributed by atoms with Gasteiger partial charge in [-0.2, -0.15) is 5.26 Å². The molecule has 1 aromatic carbocycles. The molecule has 3 heterocycles. The Morgan fingerprint density at radius 2 is 2.06 bits per heavy atom. The number of carbonyl (C=O) groups is 2. The van der Waals surface area contributed by atoms with Gasteiger partial charge in [-0.15, -0.1) is 24.2 Å². The highest BCUT2D eigenvalue weighted by atomic mass is 35.5. The summed E-state index contributed by atoms with van der Waals surface area (Å²) < 4.78 is 0. The van der Waals surface area contributed by atoms with Gasteiger partial charge < -0.3 is 21.1 Å². The Kier molecular flexibility index (Phi) is 7.76. The van der Waals surface area contributed by atoms with E-state index in [0.717, 1.165) is 10.6 Å². The second-order valence-electron chi connectivity index (χ2n) is 8.83. The molecule has 11 heteroatoms. The third-order valence-corrected chi connectivity index (χ3v) is 7.51. The van der Waals surface area contributed by atoms with Gasteiger partial charge in [0, 0.05) is 24.2 Å². The van der Waals surface area contributed by atoms with E-state index in [4.69, 9.17) is 0 Å². The lowest BCUT2D eigenvalue weighted by Gasteiger charge is -2.35. The number of halogens is 1. The molecule has 5 rings (SSSR count). The number of amides is 2. The maximum atomic E-state index is 13.0. The largest absolute Gasteiger partial charge is 0.380 e. The van der Waals surface area contributed by atoms with Crippen LogP contribution in [0.1, 0.15) is 36.9 Å². The van der Waals surface area contributed by atoms with E-state index >= 15 is 0 Å². The van der Waals surface area contributed by atoms with Crippen LogP contribution < -0.4 is 16.0 Å². The van der Waals surface area contributed by atoms with Crippen molar-refractivity contribution in [3.05, 3.63) is 53.9 Å². The molecule has 4 N–H and O–H groups in total. The smallest absolute Gasteiger partial charge is 0.256 e. The fourth-order valence-corrected chi connectivity index (χ4v) is 5.20. The third kappa shape index (κ3) is 5.44. The summed E-state index contributed by atoms with van der Waals surface area (Å²) in [4.78, 5) is 34.4. The molecule has 3 aromatic rings. The van der Waals surface area contributed by atoms with E-state index in [1.165, 1.54) is 11.8 Å². The lowest BCUT2D eigenvalue weighted by Crippen LogP contribution is -2.48. The van der Waals surface area contributed by atoms with E-state index in [2.05, 4.69) is 32.0 Å². The standard InChI is InChI=1S/C25H24N6O3S.ClH/c26-12-15-1-3-19-18(11-15)20(7-10-27-19)30-24(33)25(34)8-5-16(6-9-25)28-13-17-2-4-21-23(29-17)31-22(32)14-35-21;/h1-4,7,10-11,16,28,34H,5-6,8-9,13-14H2,(H,27,30,33)(H,29,31,32);1H. The second-order valence-corrected chi connectivity index (χ2v) is 9.85. The summed E-state index contributed by atoms with van der Waals surface area (Å²) in [6.07, 6.45) is 3.52. The molecule has 0 bridgehead atoms. The Balaban J connectivity index is 0.00000304. The van der Waals surface area contributed by atoms with Crippen molar-refractivity contribution in [2.75, 3.05) is 16.4 Å². The number of rotatable bonds is 5. The number of nitriles is 1. The SMILES string of the molecule is Cl.N#Cc1ccc2nccc(NC(=O)C3(O)CCC(NCc4ccc5c(n4)NC(=O)CS5)CC3)c2c1. The molecular weight excluding hydrogens is 500 g/mol. The van der Waals surface area contributed by atoms with Gasteiger partial charge in [-0.3, -0.25) is 14.6 Å². The number of hydrogen-bond donors (Lipinski definition) is 4. The number of aromatic nitrogens is 2. The van der Waals surface area contributed by atoms with E-state index in [1.54, 1.807) is 30.5 Å².